The number of hydrogen-bond acceptors (Lipinski definition) is 7. The number of hydrogen-bond donors (Lipinski definition) is 1. The zero-order valence-electron chi connectivity index (χ0n) is 18.6. The van der Waals surface area contributed by atoms with Gasteiger partial charge in [-0.05, 0) is 18.1 Å². The van der Waals surface area contributed by atoms with E-state index in [0.717, 1.165) is 59.2 Å². The third-order valence-electron chi connectivity index (χ3n) is 5.65. The number of fused-ring (bicyclic) bond motifs is 1. The molecule has 0 bridgehead atoms. The van der Waals surface area contributed by atoms with Gasteiger partial charge in [0, 0.05) is 46.4 Å². The largest absolute Gasteiger partial charge is 0.383 e. The van der Waals surface area contributed by atoms with E-state index in [9.17, 15) is 4.79 Å². The zero-order valence-corrected chi connectivity index (χ0v) is 19.4. The van der Waals surface area contributed by atoms with Crippen molar-refractivity contribution in [1.29, 1.82) is 0 Å². The van der Waals surface area contributed by atoms with E-state index in [-0.39, 0.29) is 5.91 Å². The molecule has 4 rings (SSSR count). The molecule has 3 aromatic rings. The van der Waals surface area contributed by atoms with Crippen molar-refractivity contribution in [3.8, 4) is 0 Å². The van der Waals surface area contributed by atoms with E-state index in [4.69, 9.17) is 4.74 Å². The van der Waals surface area contributed by atoms with Crippen LogP contribution in [0.5, 0.6) is 0 Å². The molecule has 1 saturated heterocycles. The van der Waals surface area contributed by atoms with Crippen molar-refractivity contribution in [3.05, 3.63) is 58.7 Å². The van der Waals surface area contributed by atoms with Crippen LogP contribution in [0.1, 0.15) is 20.8 Å². The number of rotatable bonds is 8. The molecule has 0 atom stereocenters. The summed E-state index contributed by atoms with van der Waals surface area (Å²) in [5.74, 6) is 0.850. The van der Waals surface area contributed by atoms with Crippen LogP contribution in [-0.2, 0) is 4.74 Å². The standard InChI is InChI=1S/C24H29N5O2S/c1-18-20-22(25-10-16-31-2)26-17-27-23(20)32-21(18)24(30)29-14-12-28(13-15-29)11-6-9-19-7-4-3-5-8-19/h3-9,17H,10-16H2,1-2H3,(H,25,26,27). The Labute approximate surface area is 192 Å². The average molecular weight is 452 g/mol. The molecule has 32 heavy (non-hydrogen) atoms. The van der Waals surface area contributed by atoms with Crippen LogP contribution >= 0.6 is 11.3 Å². The van der Waals surface area contributed by atoms with Crippen LogP contribution in [0.3, 0.4) is 0 Å². The maximum Gasteiger partial charge on any atom is 0.264 e. The molecular formula is C24H29N5O2S. The Hall–Kier alpha value is -2.81. The number of amides is 1. The van der Waals surface area contributed by atoms with Crippen molar-refractivity contribution in [2.75, 3.05) is 58.3 Å². The number of piperazine rings is 1. The predicted molar refractivity (Wildman–Crippen MR) is 130 cm³/mol. The highest BCUT2D eigenvalue weighted by molar-refractivity contribution is 7.20. The summed E-state index contributed by atoms with van der Waals surface area (Å²) in [5.41, 5.74) is 2.16. The number of carbonyl (C=O) groups excluding carboxylic acids is 1. The highest BCUT2D eigenvalue weighted by Crippen LogP contribution is 2.34. The van der Waals surface area contributed by atoms with Gasteiger partial charge in [-0.3, -0.25) is 9.69 Å². The molecule has 1 aliphatic heterocycles. The molecule has 8 heteroatoms. The Morgan fingerprint density at radius 2 is 1.97 bits per heavy atom. The number of methoxy groups -OCH3 is 1. The highest BCUT2D eigenvalue weighted by atomic mass is 32.1. The minimum Gasteiger partial charge on any atom is -0.383 e. The lowest BCUT2D eigenvalue weighted by Crippen LogP contribution is -2.48. The molecular weight excluding hydrogens is 422 g/mol. The third kappa shape index (κ3) is 5.15. The summed E-state index contributed by atoms with van der Waals surface area (Å²) in [6, 6.07) is 10.3. The number of aromatic nitrogens is 2. The van der Waals surface area contributed by atoms with Crippen molar-refractivity contribution >= 4 is 39.4 Å². The summed E-state index contributed by atoms with van der Waals surface area (Å²) >= 11 is 1.45. The minimum absolute atomic E-state index is 0.0906. The van der Waals surface area contributed by atoms with Gasteiger partial charge in [0.05, 0.1) is 16.9 Å². The van der Waals surface area contributed by atoms with Gasteiger partial charge in [-0.15, -0.1) is 11.3 Å². The monoisotopic (exact) mass is 451 g/mol. The number of ether oxygens (including phenoxy) is 1. The third-order valence-corrected chi connectivity index (χ3v) is 6.84. The molecule has 0 radical (unpaired) electrons. The molecule has 7 nitrogen and oxygen atoms in total. The van der Waals surface area contributed by atoms with Gasteiger partial charge in [0.1, 0.15) is 17.0 Å². The summed E-state index contributed by atoms with van der Waals surface area (Å²) in [4.78, 5) is 28.0. The van der Waals surface area contributed by atoms with Crippen molar-refractivity contribution in [2.45, 2.75) is 6.92 Å². The van der Waals surface area contributed by atoms with Gasteiger partial charge in [0.2, 0.25) is 0 Å². The Bertz CT molecular complexity index is 1070. The number of thiophene rings is 1. The lowest BCUT2D eigenvalue weighted by Gasteiger charge is -2.34. The first-order valence-electron chi connectivity index (χ1n) is 10.9. The fraction of sp³-hybridized carbons (Fsp3) is 0.375. The molecule has 2 aromatic heterocycles. The first-order chi connectivity index (χ1) is 15.7. The summed E-state index contributed by atoms with van der Waals surface area (Å²) < 4.78 is 5.11. The summed E-state index contributed by atoms with van der Waals surface area (Å²) in [6.45, 7) is 7.34. The Balaban J connectivity index is 1.38. The van der Waals surface area contributed by atoms with E-state index in [2.05, 4.69) is 44.5 Å². The van der Waals surface area contributed by atoms with Crippen molar-refractivity contribution in [3.63, 3.8) is 0 Å². The van der Waals surface area contributed by atoms with Crippen LogP contribution in [0, 0.1) is 6.92 Å². The number of nitrogens with zero attached hydrogens (tertiary/aromatic N) is 4. The fourth-order valence-corrected chi connectivity index (χ4v) is 4.98. The summed E-state index contributed by atoms with van der Waals surface area (Å²) in [7, 11) is 1.67. The van der Waals surface area contributed by atoms with Crippen LogP contribution in [0.2, 0.25) is 0 Å². The minimum atomic E-state index is 0.0906. The van der Waals surface area contributed by atoms with E-state index in [1.807, 2.05) is 30.0 Å². The molecule has 0 unspecified atom stereocenters. The lowest BCUT2D eigenvalue weighted by atomic mass is 10.1. The summed E-state index contributed by atoms with van der Waals surface area (Å²) in [5, 5.41) is 4.22. The Morgan fingerprint density at radius 3 is 2.72 bits per heavy atom. The zero-order chi connectivity index (χ0) is 22.3. The first kappa shape index (κ1) is 22.4. The van der Waals surface area contributed by atoms with E-state index in [1.54, 1.807) is 13.4 Å². The SMILES string of the molecule is COCCNc1ncnc2sc(C(=O)N3CCN(CC=Cc4ccccc4)CC3)c(C)c12. The molecule has 1 aromatic carbocycles. The van der Waals surface area contributed by atoms with E-state index in [1.165, 1.54) is 16.9 Å². The first-order valence-corrected chi connectivity index (χ1v) is 11.7. The molecule has 168 valence electrons. The van der Waals surface area contributed by atoms with Gasteiger partial charge in [0.15, 0.2) is 0 Å². The molecule has 1 amide bonds. The van der Waals surface area contributed by atoms with Crippen LogP contribution in [0.25, 0.3) is 16.3 Å². The number of nitrogens with one attached hydrogen (secondary N) is 1. The predicted octanol–water partition coefficient (Wildman–Crippen LogP) is 3.53. The summed E-state index contributed by atoms with van der Waals surface area (Å²) in [6.07, 6.45) is 5.89. The maximum atomic E-state index is 13.3. The number of benzene rings is 1. The van der Waals surface area contributed by atoms with Crippen molar-refractivity contribution < 1.29 is 9.53 Å². The smallest absolute Gasteiger partial charge is 0.264 e. The normalized spacial score (nSPS) is 15.0. The lowest BCUT2D eigenvalue weighted by molar-refractivity contribution is 0.0654. The quantitative estimate of drug-likeness (QED) is 0.529. The second-order valence-corrected chi connectivity index (χ2v) is 8.78. The molecule has 3 heterocycles. The van der Waals surface area contributed by atoms with Gasteiger partial charge in [0.25, 0.3) is 5.91 Å². The fourth-order valence-electron chi connectivity index (χ4n) is 3.86. The van der Waals surface area contributed by atoms with Crippen molar-refractivity contribution in [2.24, 2.45) is 0 Å². The van der Waals surface area contributed by atoms with E-state index >= 15 is 0 Å². The van der Waals surface area contributed by atoms with Crippen LogP contribution in [-0.4, -0.2) is 78.7 Å². The number of anilines is 1. The second kappa shape index (κ2) is 10.7. The van der Waals surface area contributed by atoms with Crippen LogP contribution in [0.15, 0.2) is 42.7 Å². The van der Waals surface area contributed by atoms with Crippen LogP contribution in [0.4, 0.5) is 5.82 Å². The molecule has 1 N–H and O–H groups in total. The van der Waals surface area contributed by atoms with Gasteiger partial charge < -0.3 is 15.0 Å². The molecule has 1 aliphatic rings. The highest BCUT2D eigenvalue weighted by Gasteiger charge is 2.26. The maximum absolute atomic E-state index is 13.3. The molecule has 0 spiro atoms. The van der Waals surface area contributed by atoms with Gasteiger partial charge >= 0.3 is 0 Å². The van der Waals surface area contributed by atoms with E-state index in [0.29, 0.717) is 13.2 Å². The van der Waals surface area contributed by atoms with E-state index < -0.39 is 0 Å². The number of aryl methyl sites for hydroxylation is 1. The number of carbonyl (C=O) groups is 1. The topological polar surface area (TPSA) is 70.6 Å². The van der Waals surface area contributed by atoms with Crippen LogP contribution < -0.4 is 5.32 Å². The Morgan fingerprint density at radius 1 is 1.19 bits per heavy atom. The van der Waals surface area contributed by atoms with Gasteiger partial charge in [-0.25, -0.2) is 9.97 Å². The van der Waals surface area contributed by atoms with Gasteiger partial charge in [-0.1, -0.05) is 42.5 Å². The van der Waals surface area contributed by atoms with Gasteiger partial charge in [-0.2, -0.15) is 0 Å². The second-order valence-electron chi connectivity index (χ2n) is 7.78. The molecule has 0 saturated carbocycles. The molecule has 1 fully saturated rings. The molecule has 0 aliphatic carbocycles. The average Bonchev–Trinajstić information content (AvgIpc) is 3.17. The van der Waals surface area contributed by atoms with Crippen molar-refractivity contribution in [1.82, 2.24) is 19.8 Å². The Kier molecular flexibility index (Phi) is 7.47.